The van der Waals surface area contributed by atoms with E-state index in [2.05, 4.69) is 36.8 Å². The average Bonchev–Trinajstić information content (AvgIpc) is 2.57. The summed E-state index contributed by atoms with van der Waals surface area (Å²) < 4.78 is 2.52. The largest absolute Gasteiger partial charge is 0.327 e. The van der Waals surface area contributed by atoms with Crippen LogP contribution in [0.15, 0.2) is 73.4 Å². The average molecular weight is 507 g/mol. The maximum absolute atomic E-state index is 11.8. The van der Waals surface area contributed by atoms with Crippen LogP contribution >= 0.6 is 55.1 Å². The highest BCUT2D eigenvalue weighted by Crippen LogP contribution is 2.13. The molecule has 130 valence electrons. The Hall–Kier alpha value is -1.34. The SMILES string of the molecule is O=c1[nH]cc(Cl)cc1Br.O=c1c(Br)cc(Cl)cn1Cc1ccccc1. The third-order valence-electron chi connectivity index (χ3n) is 3.03. The first-order valence-electron chi connectivity index (χ1n) is 7.00. The summed E-state index contributed by atoms with van der Waals surface area (Å²) in [5.74, 6) is 0. The number of H-pyrrole nitrogens is 1. The van der Waals surface area contributed by atoms with Gasteiger partial charge in [0, 0.05) is 12.4 Å². The fourth-order valence-corrected chi connectivity index (χ4v) is 3.38. The number of rotatable bonds is 2. The molecule has 0 bridgehead atoms. The summed E-state index contributed by atoms with van der Waals surface area (Å²) in [6, 6.07) is 12.9. The van der Waals surface area contributed by atoms with Gasteiger partial charge in [0.1, 0.15) is 0 Å². The van der Waals surface area contributed by atoms with E-state index in [4.69, 9.17) is 23.2 Å². The molecule has 1 N–H and O–H groups in total. The molecule has 8 heteroatoms. The lowest BCUT2D eigenvalue weighted by atomic mass is 10.2. The molecule has 0 aliphatic heterocycles. The van der Waals surface area contributed by atoms with Gasteiger partial charge in [-0.15, -0.1) is 0 Å². The minimum atomic E-state index is -0.167. The zero-order valence-corrected chi connectivity index (χ0v) is 17.4. The smallest absolute Gasteiger partial charge is 0.265 e. The van der Waals surface area contributed by atoms with Crippen molar-refractivity contribution in [3.05, 3.63) is 100 Å². The number of aromatic amines is 1. The summed E-state index contributed by atoms with van der Waals surface area (Å²) in [6.45, 7) is 0.527. The number of nitrogens with zero attached hydrogens (tertiary/aromatic N) is 1. The van der Waals surface area contributed by atoms with Gasteiger partial charge in [0.2, 0.25) is 0 Å². The van der Waals surface area contributed by atoms with Gasteiger partial charge in [0.25, 0.3) is 11.1 Å². The fraction of sp³-hybridized carbons (Fsp3) is 0.0588. The lowest BCUT2D eigenvalue weighted by Crippen LogP contribution is -2.20. The third-order valence-corrected chi connectivity index (χ3v) is 4.61. The van der Waals surface area contributed by atoms with Crippen LogP contribution in [0.5, 0.6) is 0 Å². The summed E-state index contributed by atoms with van der Waals surface area (Å²) in [5, 5.41) is 1.06. The van der Waals surface area contributed by atoms with E-state index in [0.717, 1.165) is 5.56 Å². The normalized spacial score (nSPS) is 10.1. The maximum atomic E-state index is 11.8. The second-order valence-corrected chi connectivity index (χ2v) is 7.50. The molecular weight excluding hydrogens is 495 g/mol. The molecule has 0 saturated heterocycles. The number of hydrogen-bond acceptors (Lipinski definition) is 2. The molecule has 0 unspecified atom stereocenters. The molecule has 4 nitrogen and oxygen atoms in total. The molecule has 0 saturated carbocycles. The van der Waals surface area contributed by atoms with Crippen molar-refractivity contribution < 1.29 is 0 Å². The van der Waals surface area contributed by atoms with E-state index in [0.29, 0.717) is 25.5 Å². The second-order valence-electron chi connectivity index (χ2n) is 4.92. The molecule has 3 rings (SSSR count). The molecule has 0 aliphatic rings. The van der Waals surface area contributed by atoms with E-state index in [9.17, 15) is 9.59 Å². The summed E-state index contributed by atoms with van der Waals surface area (Å²) >= 11 is 17.6. The number of hydrogen-bond donors (Lipinski definition) is 1. The lowest BCUT2D eigenvalue weighted by molar-refractivity contribution is 0.755. The molecule has 3 aromatic rings. The van der Waals surface area contributed by atoms with E-state index in [1.54, 1.807) is 22.9 Å². The minimum Gasteiger partial charge on any atom is -0.327 e. The van der Waals surface area contributed by atoms with Crippen molar-refractivity contribution in [1.29, 1.82) is 0 Å². The van der Waals surface area contributed by atoms with Gasteiger partial charge in [-0.2, -0.15) is 0 Å². The maximum Gasteiger partial charge on any atom is 0.265 e. The summed E-state index contributed by atoms with van der Waals surface area (Å²) in [7, 11) is 0. The standard InChI is InChI=1S/C12H9BrClNO.C5H3BrClNO/c13-11-6-10(14)8-15(12(11)16)7-9-4-2-1-3-5-9;6-4-1-3(7)2-8-5(4)9/h1-6,8H,7H2;1-2H,(H,8,9). The fourth-order valence-electron chi connectivity index (χ4n) is 1.89. The van der Waals surface area contributed by atoms with Crippen LogP contribution in [0.2, 0.25) is 10.0 Å². The molecule has 0 radical (unpaired) electrons. The highest BCUT2D eigenvalue weighted by molar-refractivity contribution is 9.10. The van der Waals surface area contributed by atoms with Crippen LogP contribution in [0.4, 0.5) is 0 Å². The Kier molecular flexibility index (Phi) is 7.50. The second kappa shape index (κ2) is 9.38. The Bertz CT molecular complexity index is 972. The van der Waals surface area contributed by atoms with Gasteiger partial charge in [-0.25, -0.2) is 0 Å². The van der Waals surface area contributed by atoms with Gasteiger partial charge in [0.05, 0.1) is 25.5 Å². The first kappa shape index (κ1) is 20.0. The molecule has 2 heterocycles. The van der Waals surface area contributed by atoms with Gasteiger partial charge in [0.15, 0.2) is 0 Å². The molecule has 0 fully saturated rings. The lowest BCUT2D eigenvalue weighted by Gasteiger charge is -2.06. The molecule has 0 atom stereocenters. The van der Waals surface area contributed by atoms with Crippen molar-refractivity contribution >= 4 is 55.1 Å². The number of halogens is 4. The number of pyridine rings is 2. The summed E-state index contributed by atoms with van der Waals surface area (Å²) in [5.41, 5.74) is 0.825. The van der Waals surface area contributed by atoms with Crippen molar-refractivity contribution in [1.82, 2.24) is 9.55 Å². The number of benzene rings is 1. The van der Waals surface area contributed by atoms with Crippen LogP contribution in [0, 0.1) is 0 Å². The first-order valence-corrected chi connectivity index (χ1v) is 9.34. The van der Waals surface area contributed by atoms with Crippen LogP contribution < -0.4 is 11.1 Å². The van der Waals surface area contributed by atoms with Crippen LogP contribution in [-0.4, -0.2) is 9.55 Å². The van der Waals surface area contributed by atoms with Gasteiger partial charge in [-0.3, -0.25) is 9.59 Å². The van der Waals surface area contributed by atoms with Gasteiger partial charge >= 0.3 is 0 Å². The topological polar surface area (TPSA) is 54.9 Å². The molecule has 0 spiro atoms. The highest BCUT2D eigenvalue weighted by atomic mass is 79.9. The van der Waals surface area contributed by atoms with E-state index in [-0.39, 0.29) is 11.1 Å². The Morgan fingerprint density at radius 1 is 0.960 bits per heavy atom. The van der Waals surface area contributed by atoms with Gasteiger partial charge in [-0.1, -0.05) is 53.5 Å². The van der Waals surface area contributed by atoms with E-state index < -0.39 is 0 Å². The summed E-state index contributed by atoms with van der Waals surface area (Å²) in [4.78, 5) is 24.8. The van der Waals surface area contributed by atoms with E-state index in [1.165, 1.54) is 6.20 Å². The van der Waals surface area contributed by atoms with Crippen molar-refractivity contribution in [3.8, 4) is 0 Å². The zero-order valence-electron chi connectivity index (χ0n) is 12.7. The zero-order chi connectivity index (χ0) is 18.4. The van der Waals surface area contributed by atoms with Crippen LogP contribution in [0.1, 0.15) is 5.56 Å². The predicted octanol–water partition coefficient (Wildman–Crippen LogP) is 5.10. The monoisotopic (exact) mass is 504 g/mol. The predicted molar refractivity (Wildman–Crippen MR) is 109 cm³/mol. The Balaban J connectivity index is 0.000000212. The van der Waals surface area contributed by atoms with Crippen molar-refractivity contribution in [2.45, 2.75) is 6.54 Å². The van der Waals surface area contributed by atoms with Crippen LogP contribution in [0.3, 0.4) is 0 Å². The molecule has 1 aromatic carbocycles. The van der Waals surface area contributed by atoms with E-state index in [1.807, 2.05) is 30.3 Å². The van der Waals surface area contributed by atoms with E-state index >= 15 is 0 Å². The number of nitrogens with one attached hydrogen (secondary N) is 1. The van der Waals surface area contributed by atoms with Crippen LogP contribution in [0.25, 0.3) is 0 Å². The Morgan fingerprint density at radius 3 is 2.20 bits per heavy atom. The Labute approximate surface area is 170 Å². The number of aromatic nitrogens is 2. The van der Waals surface area contributed by atoms with Crippen molar-refractivity contribution in [3.63, 3.8) is 0 Å². The minimum absolute atomic E-state index is 0.0757. The van der Waals surface area contributed by atoms with Crippen molar-refractivity contribution in [2.24, 2.45) is 0 Å². The first-order chi connectivity index (χ1) is 11.9. The quantitative estimate of drug-likeness (QED) is 0.525. The highest BCUT2D eigenvalue weighted by Gasteiger charge is 2.03. The van der Waals surface area contributed by atoms with Gasteiger partial charge in [-0.05, 0) is 49.6 Å². The molecule has 2 aromatic heterocycles. The van der Waals surface area contributed by atoms with Crippen LogP contribution in [-0.2, 0) is 6.54 Å². The summed E-state index contributed by atoms with van der Waals surface area (Å²) in [6.07, 6.45) is 3.08. The molecule has 0 aliphatic carbocycles. The Morgan fingerprint density at radius 2 is 1.60 bits per heavy atom. The molecule has 0 amide bonds. The van der Waals surface area contributed by atoms with Crippen molar-refractivity contribution in [2.75, 3.05) is 0 Å². The van der Waals surface area contributed by atoms with Gasteiger partial charge < -0.3 is 9.55 Å². The third kappa shape index (κ3) is 6.15. The molecule has 25 heavy (non-hydrogen) atoms. The molecular formula is C17H12Br2Cl2N2O2.